The van der Waals surface area contributed by atoms with Crippen LogP contribution in [0.2, 0.25) is 0 Å². The van der Waals surface area contributed by atoms with Gasteiger partial charge in [0.1, 0.15) is 0 Å². The van der Waals surface area contributed by atoms with Crippen molar-refractivity contribution >= 4 is 27.3 Å². The maximum absolute atomic E-state index is 4.64. The summed E-state index contributed by atoms with van der Waals surface area (Å²) in [4.78, 5) is 4.64. The van der Waals surface area contributed by atoms with Crippen LogP contribution in [0, 0.1) is 0 Å². The number of thiazole rings is 1. The Morgan fingerprint density at radius 2 is 2.06 bits per heavy atom. The largest absolute Gasteiger partial charge is 0.312 e. The lowest BCUT2D eigenvalue weighted by molar-refractivity contribution is 0.635. The van der Waals surface area contributed by atoms with Gasteiger partial charge in [0.15, 0.2) is 0 Å². The molecule has 1 atom stereocenters. The van der Waals surface area contributed by atoms with Crippen molar-refractivity contribution in [1.82, 2.24) is 10.3 Å². The molecule has 0 saturated carbocycles. The molecule has 0 aliphatic heterocycles. The van der Waals surface area contributed by atoms with Crippen LogP contribution in [0.15, 0.2) is 34.1 Å². The lowest BCUT2D eigenvalue weighted by Gasteiger charge is -2.05. The van der Waals surface area contributed by atoms with Crippen LogP contribution in [0.4, 0.5) is 0 Å². The third-order valence-corrected chi connectivity index (χ3v) is 4.11. The third kappa shape index (κ3) is 3.37. The zero-order valence-electron chi connectivity index (χ0n) is 9.90. The Bertz CT molecular complexity index is 478. The molecule has 0 aliphatic carbocycles. The van der Waals surface area contributed by atoms with Crippen molar-refractivity contribution in [3.8, 4) is 0 Å². The van der Waals surface area contributed by atoms with Crippen LogP contribution in [0.5, 0.6) is 0 Å². The van der Waals surface area contributed by atoms with E-state index in [4.69, 9.17) is 0 Å². The molecule has 1 N–H and O–H groups in total. The molecule has 0 amide bonds. The summed E-state index contributed by atoms with van der Waals surface area (Å²) >= 11 is 5.17. The first-order valence-electron chi connectivity index (χ1n) is 5.55. The van der Waals surface area contributed by atoms with Gasteiger partial charge in [0.25, 0.3) is 0 Å². The number of nitrogens with zero attached hydrogens (tertiary/aromatic N) is 1. The number of halogens is 1. The molecule has 0 aliphatic rings. The predicted molar refractivity (Wildman–Crippen MR) is 76.5 cm³/mol. The fourth-order valence-corrected chi connectivity index (χ4v) is 2.72. The quantitative estimate of drug-likeness (QED) is 0.929. The van der Waals surface area contributed by atoms with E-state index in [9.17, 15) is 0 Å². The fourth-order valence-electron chi connectivity index (χ4n) is 1.53. The first kappa shape index (κ1) is 12.7. The number of benzene rings is 1. The van der Waals surface area contributed by atoms with Gasteiger partial charge >= 0.3 is 0 Å². The minimum Gasteiger partial charge on any atom is -0.312 e. The second kappa shape index (κ2) is 5.76. The molecule has 0 saturated heterocycles. The van der Waals surface area contributed by atoms with Crippen molar-refractivity contribution in [2.45, 2.75) is 19.4 Å². The zero-order chi connectivity index (χ0) is 12.3. The number of rotatable bonds is 4. The smallest absolute Gasteiger partial charge is 0.0972 e. The normalized spacial score (nSPS) is 12.6. The van der Waals surface area contributed by atoms with Crippen molar-refractivity contribution in [2.75, 3.05) is 7.05 Å². The van der Waals surface area contributed by atoms with Crippen LogP contribution < -0.4 is 5.32 Å². The highest BCUT2D eigenvalue weighted by Crippen LogP contribution is 2.20. The SMILES string of the molecule is CNC(C)c1csc(Cc2ccc(Br)cc2)n1. The molecule has 2 nitrogen and oxygen atoms in total. The summed E-state index contributed by atoms with van der Waals surface area (Å²) in [6, 6.07) is 8.73. The number of hydrogen-bond acceptors (Lipinski definition) is 3. The minimum atomic E-state index is 0.324. The van der Waals surface area contributed by atoms with Crippen LogP contribution in [0.1, 0.15) is 29.2 Å². The lowest BCUT2D eigenvalue weighted by Crippen LogP contribution is -2.12. The van der Waals surface area contributed by atoms with Gasteiger partial charge in [-0.15, -0.1) is 11.3 Å². The molecule has 2 rings (SSSR count). The topological polar surface area (TPSA) is 24.9 Å². The highest BCUT2D eigenvalue weighted by atomic mass is 79.9. The molecule has 0 radical (unpaired) electrons. The van der Waals surface area contributed by atoms with Gasteiger partial charge in [0.2, 0.25) is 0 Å². The fraction of sp³-hybridized carbons (Fsp3) is 0.308. The maximum atomic E-state index is 4.64. The van der Waals surface area contributed by atoms with Crippen LogP contribution >= 0.6 is 27.3 Å². The van der Waals surface area contributed by atoms with E-state index in [0.717, 1.165) is 16.6 Å². The maximum Gasteiger partial charge on any atom is 0.0972 e. The Labute approximate surface area is 114 Å². The summed E-state index contributed by atoms with van der Waals surface area (Å²) in [7, 11) is 1.96. The molecular weight excluding hydrogens is 296 g/mol. The zero-order valence-corrected chi connectivity index (χ0v) is 12.3. The molecule has 0 spiro atoms. The Balaban J connectivity index is 2.08. The van der Waals surface area contributed by atoms with Gasteiger partial charge in [-0.3, -0.25) is 0 Å². The predicted octanol–water partition coefficient (Wildman–Crippen LogP) is 3.78. The molecule has 1 heterocycles. The molecule has 1 aromatic carbocycles. The van der Waals surface area contributed by atoms with E-state index >= 15 is 0 Å². The Morgan fingerprint density at radius 1 is 1.35 bits per heavy atom. The highest BCUT2D eigenvalue weighted by Gasteiger charge is 2.08. The molecule has 1 unspecified atom stereocenters. The first-order valence-corrected chi connectivity index (χ1v) is 7.22. The summed E-state index contributed by atoms with van der Waals surface area (Å²) in [5.41, 5.74) is 2.43. The molecule has 1 aromatic heterocycles. The van der Waals surface area contributed by atoms with Gasteiger partial charge in [-0.2, -0.15) is 0 Å². The van der Waals surface area contributed by atoms with Crippen LogP contribution in [0.25, 0.3) is 0 Å². The molecule has 0 fully saturated rings. The summed E-state index contributed by atoms with van der Waals surface area (Å²) in [6.07, 6.45) is 0.911. The highest BCUT2D eigenvalue weighted by molar-refractivity contribution is 9.10. The Kier molecular flexibility index (Phi) is 4.31. The van der Waals surface area contributed by atoms with E-state index in [2.05, 4.69) is 62.8 Å². The van der Waals surface area contributed by atoms with E-state index < -0.39 is 0 Å². The summed E-state index contributed by atoms with van der Waals surface area (Å²) in [5.74, 6) is 0. The summed E-state index contributed by atoms with van der Waals surface area (Å²) in [5, 5.41) is 6.51. The third-order valence-electron chi connectivity index (χ3n) is 2.71. The molecule has 0 bridgehead atoms. The van der Waals surface area contributed by atoms with Gasteiger partial charge in [-0.25, -0.2) is 4.98 Å². The van der Waals surface area contributed by atoms with Crippen molar-refractivity contribution < 1.29 is 0 Å². The van der Waals surface area contributed by atoms with E-state index in [1.54, 1.807) is 11.3 Å². The minimum absolute atomic E-state index is 0.324. The van der Waals surface area contributed by atoms with E-state index in [1.165, 1.54) is 10.6 Å². The molecule has 17 heavy (non-hydrogen) atoms. The monoisotopic (exact) mass is 310 g/mol. The first-order chi connectivity index (χ1) is 8.19. The standard InChI is InChI=1S/C13H15BrN2S/c1-9(15-2)12-8-17-13(16-12)7-10-3-5-11(14)6-4-10/h3-6,8-9,15H,7H2,1-2H3. The summed E-state index contributed by atoms with van der Waals surface area (Å²) < 4.78 is 1.12. The van der Waals surface area contributed by atoms with Crippen molar-refractivity contribution in [3.05, 3.63) is 50.4 Å². The van der Waals surface area contributed by atoms with Crippen molar-refractivity contribution in [3.63, 3.8) is 0 Å². The van der Waals surface area contributed by atoms with Crippen molar-refractivity contribution in [1.29, 1.82) is 0 Å². The van der Waals surface area contributed by atoms with E-state index in [1.807, 2.05) is 7.05 Å². The van der Waals surface area contributed by atoms with E-state index in [0.29, 0.717) is 6.04 Å². The Hall–Kier alpha value is -0.710. The number of aromatic nitrogens is 1. The average Bonchev–Trinajstić information content (AvgIpc) is 2.80. The van der Waals surface area contributed by atoms with Crippen LogP contribution in [0.3, 0.4) is 0 Å². The van der Waals surface area contributed by atoms with Gasteiger partial charge < -0.3 is 5.32 Å². The second-order valence-corrected chi connectivity index (χ2v) is 5.84. The Morgan fingerprint density at radius 3 is 2.71 bits per heavy atom. The molecule has 2 aromatic rings. The molecular formula is C13H15BrN2S. The van der Waals surface area contributed by atoms with Gasteiger partial charge in [-0.1, -0.05) is 28.1 Å². The van der Waals surface area contributed by atoms with E-state index in [-0.39, 0.29) is 0 Å². The molecule has 90 valence electrons. The number of nitrogens with one attached hydrogen (secondary N) is 1. The van der Waals surface area contributed by atoms with Gasteiger partial charge in [0, 0.05) is 22.3 Å². The van der Waals surface area contributed by atoms with Crippen LogP contribution in [-0.4, -0.2) is 12.0 Å². The lowest BCUT2D eigenvalue weighted by atomic mass is 10.2. The van der Waals surface area contributed by atoms with Gasteiger partial charge in [0.05, 0.1) is 10.7 Å². The summed E-state index contributed by atoms with van der Waals surface area (Å²) in [6.45, 7) is 2.12. The average molecular weight is 311 g/mol. The van der Waals surface area contributed by atoms with Crippen LogP contribution in [-0.2, 0) is 6.42 Å². The number of hydrogen-bond donors (Lipinski definition) is 1. The molecule has 4 heteroatoms. The van der Waals surface area contributed by atoms with Gasteiger partial charge in [-0.05, 0) is 31.7 Å². The van der Waals surface area contributed by atoms with Crippen molar-refractivity contribution in [2.24, 2.45) is 0 Å². The second-order valence-electron chi connectivity index (χ2n) is 3.98.